The Hall–Kier alpha value is -1.17. The largest absolute Gasteiger partial charge is 0.385 e. The smallest absolute Gasteiger partial charge is 0.341 e. The highest BCUT2D eigenvalue weighted by atomic mass is 32.2. The first-order valence-electron chi connectivity index (χ1n) is 5.86. The number of rotatable bonds is 5. The molecule has 0 spiro atoms. The summed E-state index contributed by atoms with van der Waals surface area (Å²) in [5.41, 5.74) is 0.759. The Morgan fingerprint density at radius 1 is 1.22 bits per heavy atom. The molecule has 0 saturated heterocycles. The summed E-state index contributed by atoms with van der Waals surface area (Å²) >= 11 is 0. The van der Waals surface area contributed by atoms with Gasteiger partial charge < -0.3 is 5.32 Å². The molecule has 1 N–H and O–H groups in total. The number of benzene rings is 1. The predicted octanol–water partition coefficient (Wildman–Crippen LogP) is 2.89. The van der Waals surface area contributed by atoms with Gasteiger partial charge in [-0.15, -0.1) is 0 Å². The summed E-state index contributed by atoms with van der Waals surface area (Å²) in [5.74, 6) is -2.69. The second-order valence-corrected chi connectivity index (χ2v) is 6.43. The fourth-order valence-corrected chi connectivity index (χ4v) is 2.55. The predicted molar refractivity (Wildman–Crippen MR) is 65.5 cm³/mol. The van der Waals surface area contributed by atoms with E-state index in [1.54, 1.807) is 0 Å². The molecule has 0 bridgehead atoms. The van der Waals surface area contributed by atoms with Crippen molar-refractivity contribution in [3.05, 3.63) is 24.3 Å². The first-order valence-corrected chi connectivity index (χ1v) is 7.41. The fraction of sp³-hybridized carbons (Fsp3) is 0.500. The molecular formula is C12H15F2NO2S. The standard InChI is InChI=1S/C12H15F2NO2S/c13-12(14)18(16,17)11-6-4-10(5-7-11)15-8-9-2-1-3-9/h4-7,9,12,15H,1-3,8H2. The van der Waals surface area contributed by atoms with Crippen LogP contribution in [0, 0.1) is 5.92 Å². The van der Waals surface area contributed by atoms with E-state index in [9.17, 15) is 17.2 Å². The van der Waals surface area contributed by atoms with Gasteiger partial charge in [0.15, 0.2) is 0 Å². The van der Waals surface area contributed by atoms with Crippen molar-refractivity contribution in [2.45, 2.75) is 29.9 Å². The van der Waals surface area contributed by atoms with Crippen LogP contribution < -0.4 is 5.32 Å². The van der Waals surface area contributed by atoms with E-state index in [4.69, 9.17) is 0 Å². The summed E-state index contributed by atoms with van der Waals surface area (Å²) in [4.78, 5) is -0.341. The first kappa shape index (κ1) is 13.3. The number of hydrogen-bond acceptors (Lipinski definition) is 3. The Morgan fingerprint density at radius 3 is 2.28 bits per heavy atom. The van der Waals surface area contributed by atoms with Gasteiger partial charge in [-0.25, -0.2) is 8.42 Å². The van der Waals surface area contributed by atoms with Crippen molar-refractivity contribution in [3.63, 3.8) is 0 Å². The molecule has 3 nitrogen and oxygen atoms in total. The van der Waals surface area contributed by atoms with Crippen LogP contribution in [0.2, 0.25) is 0 Å². The minimum atomic E-state index is -4.48. The molecule has 0 radical (unpaired) electrons. The van der Waals surface area contributed by atoms with E-state index >= 15 is 0 Å². The van der Waals surface area contributed by atoms with Crippen LogP contribution in [0.15, 0.2) is 29.2 Å². The maximum atomic E-state index is 12.3. The number of alkyl halides is 2. The van der Waals surface area contributed by atoms with E-state index in [0.29, 0.717) is 5.92 Å². The van der Waals surface area contributed by atoms with Gasteiger partial charge in [-0.1, -0.05) is 6.42 Å². The van der Waals surface area contributed by atoms with E-state index in [1.807, 2.05) is 0 Å². The minimum absolute atomic E-state index is 0.341. The zero-order chi connectivity index (χ0) is 13.2. The number of anilines is 1. The highest BCUT2D eigenvalue weighted by Gasteiger charge is 2.26. The van der Waals surface area contributed by atoms with Crippen molar-refractivity contribution in [1.29, 1.82) is 0 Å². The van der Waals surface area contributed by atoms with E-state index in [1.165, 1.54) is 43.5 Å². The number of sulfone groups is 1. The lowest BCUT2D eigenvalue weighted by Gasteiger charge is -2.25. The molecule has 0 unspecified atom stereocenters. The highest BCUT2D eigenvalue weighted by Crippen LogP contribution is 2.27. The second-order valence-electron chi connectivity index (χ2n) is 4.51. The van der Waals surface area contributed by atoms with Crippen LogP contribution in [-0.4, -0.2) is 20.7 Å². The van der Waals surface area contributed by atoms with Crippen LogP contribution in [0.25, 0.3) is 0 Å². The van der Waals surface area contributed by atoms with Gasteiger partial charge in [0.2, 0.25) is 9.84 Å². The molecular weight excluding hydrogens is 260 g/mol. The SMILES string of the molecule is O=S(=O)(c1ccc(NCC2CCC2)cc1)C(F)F. The molecule has 100 valence electrons. The van der Waals surface area contributed by atoms with Gasteiger partial charge in [0.25, 0.3) is 0 Å². The normalized spacial score (nSPS) is 16.6. The molecule has 1 aliphatic rings. The summed E-state index contributed by atoms with van der Waals surface area (Å²) in [6.07, 6.45) is 3.69. The van der Waals surface area contributed by atoms with E-state index in [2.05, 4.69) is 5.32 Å². The molecule has 6 heteroatoms. The van der Waals surface area contributed by atoms with Crippen molar-refractivity contribution in [3.8, 4) is 0 Å². The summed E-state index contributed by atoms with van der Waals surface area (Å²) in [6.45, 7) is 0.848. The second kappa shape index (κ2) is 5.22. The molecule has 1 aromatic carbocycles. The number of halogens is 2. The molecule has 0 aliphatic heterocycles. The summed E-state index contributed by atoms with van der Waals surface area (Å²) in [6, 6.07) is 5.47. The third-order valence-electron chi connectivity index (χ3n) is 3.24. The van der Waals surface area contributed by atoms with Crippen LogP contribution in [-0.2, 0) is 9.84 Å². The highest BCUT2D eigenvalue weighted by molar-refractivity contribution is 7.91. The lowest BCUT2D eigenvalue weighted by molar-refractivity contribution is 0.234. The third kappa shape index (κ3) is 2.80. The Morgan fingerprint density at radius 2 is 1.83 bits per heavy atom. The minimum Gasteiger partial charge on any atom is -0.385 e. The maximum absolute atomic E-state index is 12.3. The summed E-state index contributed by atoms with van der Waals surface area (Å²) in [7, 11) is -4.48. The summed E-state index contributed by atoms with van der Waals surface area (Å²) in [5, 5.41) is 3.17. The molecule has 18 heavy (non-hydrogen) atoms. The van der Waals surface area contributed by atoms with Gasteiger partial charge in [0.05, 0.1) is 4.90 Å². The lowest BCUT2D eigenvalue weighted by Crippen LogP contribution is -2.20. The zero-order valence-electron chi connectivity index (χ0n) is 9.77. The van der Waals surface area contributed by atoms with E-state index in [0.717, 1.165) is 12.2 Å². The molecule has 0 atom stereocenters. The Labute approximate surface area is 105 Å². The van der Waals surface area contributed by atoms with Gasteiger partial charge in [0, 0.05) is 12.2 Å². The van der Waals surface area contributed by atoms with Crippen LogP contribution in [0.3, 0.4) is 0 Å². The quantitative estimate of drug-likeness (QED) is 0.898. The van der Waals surface area contributed by atoms with Crippen LogP contribution in [0.4, 0.5) is 14.5 Å². The molecule has 1 aromatic rings. The van der Waals surface area contributed by atoms with Crippen LogP contribution in [0.1, 0.15) is 19.3 Å². The number of nitrogens with one attached hydrogen (secondary N) is 1. The maximum Gasteiger partial charge on any atom is 0.341 e. The molecule has 2 rings (SSSR count). The molecule has 1 fully saturated rings. The topological polar surface area (TPSA) is 46.2 Å². The Balaban J connectivity index is 2.00. The third-order valence-corrected chi connectivity index (χ3v) is 4.64. The lowest BCUT2D eigenvalue weighted by atomic mass is 9.85. The number of hydrogen-bond donors (Lipinski definition) is 1. The van der Waals surface area contributed by atoms with Gasteiger partial charge >= 0.3 is 5.76 Å². The van der Waals surface area contributed by atoms with Gasteiger partial charge in [0.1, 0.15) is 0 Å². The van der Waals surface area contributed by atoms with Crippen molar-refractivity contribution in [1.82, 2.24) is 0 Å². The Bertz CT molecular complexity index is 495. The Kier molecular flexibility index (Phi) is 3.85. The molecule has 0 amide bonds. The van der Waals surface area contributed by atoms with Gasteiger partial charge in [-0.2, -0.15) is 8.78 Å². The van der Waals surface area contributed by atoms with E-state index < -0.39 is 15.6 Å². The van der Waals surface area contributed by atoms with Gasteiger partial charge in [-0.05, 0) is 43.0 Å². The van der Waals surface area contributed by atoms with Crippen LogP contribution >= 0.6 is 0 Å². The van der Waals surface area contributed by atoms with Gasteiger partial charge in [-0.3, -0.25) is 0 Å². The molecule has 0 aromatic heterocycles. The monoisotopic (exact) mass is 275 g/mol. The molecule has 1 saturated carbocycles. The fourth-order valence-electron chi connectivity index (χ4n) is 1.82. The first-order chi connectivity index (χ1) is 8.50. The van der Waals surface area contributed by atoms with Crippen molar-refractivity contribution < 1.29 is 17.2 Å². The van der Waals surface area contributed by atoms with Crippen molar-refractivity contribution >= 4 is 15.5 Å². The van der Waals surface area contributed by atoms with Crippen molar-refractivity contribution in [2.75, 3.05) is 11.9 Å². The average Bonchev–Trinajstić information content (AvgIpc) is 2.27. The van der Waals surface area contributed by atoms with E-state index in [-0.39, 0.29) is 4.90 Å². The van der Waals surface area contributed by atoms with Crippen LogP contribution in [0.5, 0.6) is 0 Å². The molecule has 1 aliphatic carbocycles. The zero-order valence-corrected chi connectivity index (χ0v) is 10.6. The average molecular weight is 275 g/mol. The molecule has 0 heterocycles. The summed E-state index contributed by atoms with van der Waals surface area (Å²) < 4.78 is 47.0. The van der Waals surface area contributed by atoms with Crippen molar-refractivity contribution in [2.24, 2.45) is 5.92 Å².